The molecule has 7 heteroatoms. The van der Waals surface area contributed by atoms with Crippen molar-refractivity contribution in [3.63, 3.8) is 0 Å². The second-order valence-electron chi connectivity index (χ2n) is 5.46. The first-order chi connectivity index (χ1) is 8.28. The number of imidazole rings is 1. The van der Waals surface area contributed by atoms with Crippen LogP contribution in [0.3, 0.4) is 0 Å². The van der Waals surface area contributed by atoms with Gasteiger partial charge in [-0.3, -0.25) is 0 Å². The van der Waals surface area contributed by atoms with Crippen LogP contribution >= 0.6 is 0 Å². The maximum absolute atomic E-state index is 12.1. The fraction of sp³-hybridized carbons (Fsp3) is 0.727. The molecular weight excluding hydrogens is 252 g/mol. The predicted octanol–water partition coefficient (Wildman–Crippen LogP) is 0.235. The lowest BCUT2D eigenvalue weighted by Gasteiger charge is -2.18. The summed E-state index contributed by atoms with van der Waals surface area (Å²) in [5.74, 6) is 0.855. The van der Waals surface area contributed by atoms with Gasteiger partial charge in [0.1, 0.15) is 5.82 Å². The molecule has 0 radical (unpaired) electrons. The molecule has 102 valence electrons. The maximum Gasteiger partial charge on any atom is 0.259 e. The van der Waals surface area contributed by atoms with Crippen LogP contribution in [0, 0.1) is 0 Å². The second-order valence-corrected chi connectivity index (χ2v) is 7.17. The Morgan fingerprint density at radius 2 is 2.22 bits per heavy atom. The molecular formula is C11H20N4O2S. The first-order valence-electron chi connectivity index (χ1n) is 6.12. The van der Waals surface area contributed by atoms with Gasteiger partial charge in [-0.15, -0.1) is 0 Å². The van der Waals surface area contributed by atoms with Crippen molar-refractivity contribution in [2.75, 3.05) is 6.54 Å². The van der Waals surface area contributed by atoms with Gasteiger partial charge in [0, 0.05) is 31.2 Å². The summed E-state index contributed by atoms with van der Waals surface area (Å²) >= 11 is 0. The van der Waals surface area contributed by atoms with Gasteiger partial charge in [0.05, 0.1) is 0 Å². The van der Waals surface area contributed by atoms with Crippen LogP contribution in [0.5, 0.6) is 0 Å². The van der Waals surface area contributed by atoms with Crippen LogP contribution in [0.4, 0.5) is 0 Å². The molecule has 0 bridgehead atoms. The van der Waals surface area contributed by atoms with Crippen molar-refractivity contribution in [2.24, 2.45) is 5.73 Å². The Morgan fingerprint density at radius 3 is 2.83 bits per heavy atom. The zero-order valence-electron chi connectivity index (χ0n) is 10.8. The molecule has 1 aromatic heterocycles. The van der Waals surface area contributed by atoms with Crippen molar-refractivity contribution >= 4 is 10.0 Å². The van der Waals surface area contributed by atoms with E-state index >= 15 is 0 Å². The second kappa shape index (κ2) is 4.64. The zero-order chi connectivity index (χ0) is 13.4. The number of nitrogens with two attached hydrogens (primary N) is 1. The molecule has 0 unspecified atom stereocenters. The Hall–Kier alpha value is -0.920. The van der Waals surface area contributed by atoms with E-state index in [4.69, 9.17) is 5.73 Å². The van der Waals surface area contributed by atoms with Crippen LogP contribution in [0.25, 0.3) is 0 Å². The standard InChI is InChI=1S/C11H20N4O2S/c1-11(2,12)8-13-18(16,17)10-7-15-6-4-3-5-9(15)14-10/h7,13H,3-6,8,12H2,1-2H3. The van der Waals surface area contributed by atoms with E-state index in [0.717, 1.165) is 31.6 Å². The van der Waals surface area contributed by atoms with E-state index in [1.54, 1.807) is 20.0 Å². The largest absolute Gasteiger partial charge is 0.333 e. The Balaban J connectivity index is 2.17. The summed E-state index contributed by atoms with van der Waals surface area (Å²) in [6.45, 7) is 4.58. The fourth-order valence-corrected chi connectivity index (χ4v) is 3.07. The molecule has 18 heavy (non-hydrogen) atoms. The predicted molar refractivity (Wildman–Crippen MR) is 68.6 cm³/mol. The summed E-state index contributed by atoms with van der Waals surface area (Å²) in [6, 6.07) is 0. The van der Waals surface area contributed by atoms with Gasteiger partial charge in [0.2, 0.25) is 0 Å². The SMILES string of the molecule is CC(C)(N)CNS(=O)(=O)c1cn2c(n1)CCCC2. The van der Waals surface area contributed by atoms with Gasteiger partial charge in [-0.1, -0.05) is 0 Å². The fourth-order valence-electron chi connectivity index (χ4n) is 1.87. The quantitative estimate of drug-likeness (QED) is 0.821. The average molecular weight is 272 g/mol. The topological polar surface area (TPSA) is 90.0 Å². The lowest BCUT2D eigenvalue weighted by molar-refractivity contribution is 0.497. The van der Waals surface area contributed by atoms with Crippen molar-refractivity contribution in [3.05, 3.63) is 12.0 Å². The number of rotatable bonds is 4. The van der Waals surface area contributed by atoms with E-state index in [1.807, 2.05) is 4.57 Å². The molecule has 0 atom stereocenters. The molecule has 0 saturated heterocycles. The molecule has 0 fully saturated rings. The summed E-state index contributed by atoms with van der Waals surface area (Å²) in [5.41, 5.74) is 5.19. The molecule has 2 rings (SSSR count). The van der Waals surface area contributed by atoms with Crippen molar-refractivity contribution in [3.8, 4) is 0 Å². The van der Waals surface area contributed by atoms with Crippen molar-refractivity contribution in [1.82, 2.24) is 14.3 Å². The van der Waals surface area contributed by atoms with Gasteiger partial charge in [-0.2, -0.15) is 0 Å². The highest BCUT2D eigenvalue weighted by atomic mass is 32.2. The number of sulfonamides is 1. The Morgan fingerprint density at radius 1 is 1.50 bits per heavy atom. The van der Waals surface area contributed by atoms with Crippen LogP contribution in [0.2, 0.25) is 0 Å². The highest BCUT2D eigenvalue weighted by Crippen LogP contribution is 2.17. The van der Waals surface area contributed by atoms with Gasteiger partial charge < -0.3 is 10.3 Å². The molecule has 2 heterocycles. The van der Waals surface area contributed by atoms with E-state index in [9.17, 15) is 8.42 Å². The summed E-state index contributed by atoms with van der Waals surface area (Å²) in [7, 11) is -3.55. The minimum absolute atomic E-state index is 0.101. The molecule has 6 nitrogen and oxygen atoms in total. The number of nitrogens with zero attached hydrogens (tertiary/aromatic N) is 2. The molecule has 3 N–H and O–H groups in total. The number of fused-ring (bicyclic) bond motifs is 1. The summed E-state index contributed by atoms with van der Waals surface area (Å²) in [5, 5.41) is 0.101. The van der Waals surface area contributed by atoms with Gasteiger partial charge in [-0.25, -0.2) is 18.1 Å². The molecule has 1 aliphatic heterocycles. The van der Waals surface area contributed by atoms with E-state index in [0.29, 0.717) is 0 Å². The first kappa shape index (κ1) is 13.5. The molecule has 0 aromatic carbocycles. The smallest absolute Gasteiger partial charge is 0.259 e. The first-order valence-corrected chi connectivity index (χ1v) is 7.61. The lowest BCUT2D eigenvalue weighted by atomic mass is 10.1. The van der Waals surface area contributed by atoms with Crippen LogP contribution < -0.4 is 10.5 Å². The Labute approximate surface area is 108 Å². The highest BCUT2D eigenvalue weighted by molar-refractivity contribution is 7.89. The number of aryl methyl sites for hydroxylation is 2. The normalized spacial score (nSPS) is 16.6. The van der Waals surface area contributed by atoms with Crippen LogP contribution in [-0.2, 0) is 23.0 Å². The van der Waals surface area contributed by atoms with E-state index < -0.39 is 15.6 Å². The molecule has 0 spiro atoms. The molecule has 1 aliphatic rings. The number of hydrogen-bond donors (Lipinski definition) is 2. The summed E-state index contributed by atoms with van der Waals surface area (Å²) < 4.78 is 28.5. The van der Waals surface area contributed by atoms with Gasteiger partial charge >= 0.3 is 0 Å². The summed E-state index contributed by atoms with van der Waals surface area (Å²) in [6.07, 6.45) is 4.60. The Kier molecular flexibility index (Phi) is 3.48. The number of nitrogens with one attached hydrogen (secondary N) is 1. The van der Waals surface area contributed by atoms with E-state index in [2.05, 4.69) is 9.71 Å². The maximum atomic E-state index is 12.1. The number of hydrogen-bond acceptors (Lipinski definition) is 4. The van der Waals surface area contributed by atoms with Crippen LogP contribution in [-0.4, -0.2) is 30.1 Å². The molecule has 0 amide bonds. The Bertz CT molecular complexity index is 504. The highest BCUT2D eigenvalue weighted by Gasteiger charge is 2.23. The third kappa shape index (κ3) is 3.09. The van der Waals surface area contributed by atoms with Crippen LogP contribution in [0.15, 0.2) is 11.2 Å². The van der Waals surface area contributed by atoms with Crippen LogP contribution in [0.1, 0.15) is 32.5 Å². The van der Waals surface area contributed by atoms with E-state index in [1.165, 1.54) is 0 Å². The average Bonchev–Trinajstić information content (AvgIpc) is 2.70. The molecule has 0 saturated carbocycles. The van der Waals surface area contributed by atoms with E-state index in [-0.39, 0.29) is 11.6 Å². The minimum atomic E-state index is -3.55. The zero-order valence-corrected chi connectivity index (χ0v) is 11.6. The molecule has 1 aromatic rings. The van der Waals surface area contributed by atoms with Crippen molar-refractivity contribution in [1.29, 1.82) is 0 Å². The van der Waals surface area contributed by atoms with Gasteiger partial charge in [0.25, 0.3) is 10.0 Å². The van der Waals surface area contributed by atoms with Crippen molar-refractivity contribution in [2.45, 2.75) is 50.2 Å². The minimum Gasteiger partial charge on any atom is -0.333 e. The van der Waals surface area contributed by atoms with Gasteiger partial charge in [0.15, 0.2) is 5.03 Å². The molecule has 0 aliphatic carbocycles. The van der Waals surface area contributed by atoms with Gasteiger partial charge in [-0.05, 0) is 26.7 Å². The third-order valence-electron chi connectivity index (χ3n) is 2.88. The monoisotopic (exact) mass is 272 g/mol. The lowest BCUT2D eigenvalue weighted by Crippen LogP contribution is -2.45. The summed E-state index contributed by atoms with van der Waals surface area (Å²) in [4.78, 5) is 4.19. The number of aromatic nitrogens is 2. The third-order valence-corrected chi connectivity index (χ3v) is 4.15. The van der Waals surface area contributed by atoms with Crippen molar-refractivity contribution < 1.29 is 8.42 Å².